The topological polar surface area (TPSA) is 138 Å². The molecule has 12 nitrogen and oxygen atoms in total. The standard InChI is InChI=1S/C32H37N9O3/c1-18(36-17-28(42)41-26-14-23(26)15-27(41)33-2)16-32(31-37-39-40(5)38-31)24-10-8-21(29(43)34-3)12-19(24)6-7-20-13-22(30(44)35-4)9-11-25(20)32/h8-13,18,23,26-27,36H,6-7,14-17H2,1,3-5H3,(H,34,43)(H,35,44)/t18-,23-,26-,27-/m0/s1. The van der Waals surface area contributed by atoms with E-state index in [1.165, 1.54) is 4.80 Å². The number of likely N-dealkylation sites (tertiary alicyclic amines) is 1. The van der Waals surface area contributed by atoms with E-state index >= 15 is 0 Å². The van der Waals surface area contributed by atoms with Crippen molar-refractivity contribution < 1.29 is 14.4 Å². The summed E-state index contributed by atoms with van der Waals surface area (Å²) in [5, 5.41) is 22.4. The van der Waals surface area contributed by atoms with Gasteiger partial charge in [0.05, 0.1) is 19.0 Å². The van der Waals surface area contributed by atoms with Gasteiger partial charge >= 0.3 is 6.17 Å². The number of nitrogens with one attached hydrogen (secondary N) is 3. The van der Waals surface area contributed by atoms with E-state index in [-0.39, 0.29) is 42.5 Å². The average molecular weight is 596 g/mol. The highest BCUT2D eigenvalue weighted by atomic mass is 16.2. The molecule has 3 N–H and O–H groups in total. The quantitative estimate of drug-likeness (QED) is 0.336. The first-order valence-electron chi connectivity index (χ1n) is 15.1. The first kappa shape index (κ1) is 29.4. The largest absolute Gasteiger partial charge is 0.355 e. The second-order valence-electron chi connectivity index (χ2n) is 12.1. The molecule has 1 aromatic heterocycles. The molecule has 1 aliphatic heterocycles. The lowest BCUT2D eigenvalue weighted by atomic mass is 9.67. The molecule has 2 heterocycles. The summed E-state index contributed by atoms with van der Waals surface area (Å²) in [6.45, 7) is 9.70. The van der Waals surface area contributed by atoms with Gasteiger partial charge in [-0.1, -0.05) is 12.1 Å². The molecule has 0 bridgehead atoms. The molecule has 2 fully saturated rings. The van der Waals surface area contributed by atoms with Gasteiger partial charge in [-0.05, 0) is 90.3 Å². The van der Waals surface area contributed by atoms with Crippen LogP contribution in [0.15, 0.2) is 36.4 Å². The molecule has 0 radical (unpaired) electrons. The van der Waals surface area contributed by atoms with Crippen molar-refractivity contribution >= 4 is 17.7 Å². The SMILES string of the molecule is [C-]#[N+][C@@H]1C[C@@H]2C[C@@H]2N1C(=O)CN[C@@H](C)CC1(c2nnn(C)n2)c2ccc(C(=O)NC)cc2CCc2cc(C(=O)NC)ccc21. The van der Waals surface area contributed by atoms with Crippen LogP contribution >= 0.6 is 0 Å². The third-order valence-electron chi connectivity index (χ3n) is 9.39. The highest BCUT2D eigenvalue weighted by Crippen LogP contribution is 2.49. The zero-order valence-electron chi connectivity index (χ0n) is 25.4. The minimum atomic E-state index is -0.901. The summed E-state index contributed by atoms with van der Waals surface area (Å²) in [6, 6.07) is 11.5. The first-order chi connectivity index (χ1) is 21.2. The molecule has 6 rings (SSSR count). The van der Waals surface area contributed by atoms with E-state index in [0.717, 1.165) is 35.1 Å². The van der Waals surface area contributed by atoms with Crippen LogP contribution in [0.25, 0.3) is 4.85 Å². The number of carbonyl (C=O) groups excluding carboxylic acids is 3. The normalized spacial score (nSPS) is 21.6. The second-order valence-corrected chi connectivity index (χ2v) is 12.1. The van der Waals surface area contributed by atoms with Crippen molar-refractivity contribution in [3.63, 3.8) is 0 Å². The molecular formula is C32H37N9O3. The summed E-state index contributed by atoms with van der Waals surface area (Å²) in [6.07, 6.45) is 3.13. The number of nitrogens with zero attached hydrogens (tertiary/aromatic N) is 6. The van der Waals surface area contributed by atoms with Crippen LogP contribution in [0.1, 0.15) is 75.0 Å². The molecule has 3 aliphatic rings. The Labute approximate surface area is 256 Å². The number of rotatable bonds is 8. The zero-order chi connectivity index (χ0) is 31.2. The number of hydrogen-bond acceptors (Lipinski definition) is 7. The number of amides is 3. The van der Waals surface area contributed by atoms with Crippen LogP contribution in [0.2, 0.25) is 0 Å². The Hall–Kier alpha value is -4.63. The van der Waals surface area contributed by atoms with Crippen molar-refractivity contribution in [1.82, 2.24) is 41.1 Å². The summed E-state index contributed by atoms with van der Waals surface area (Å²) < 4.78 is 0. The molecule has 44 heavy (non-hydrogen) atoms. The van der Waals surface area contributed by atoms with Gasteiger partial charge in [0, 0.05) is 43.7 Å². The molecule has 12 heteroatoms. The number of aryl methyl sites for hydroxylation is 3. The molecule has 1 saturated carbocycles. The van der Waals surface area contributed by atoms with E-state index in [0.29, 0.717) is 42.1 Å². The van der Waals surface area contributed by atoms with Crippen LogP contribution in [0.4, 0.5) is 0 Å². The van der Waals surface area contributed by atoms with Gasteiger partial charge in [0.15, 0.2) is 5.82 Å². The number of benzene rings is 2. The minimum absolute atomic E-state index is 0.0540. The van der Waals surface area contributed by atoms with Gasteiger partial charge in [-0.3, -0.25) is 24.1 Å². The van der Waals surface area contributed by atoms with E-state index in [1.807, 2.05) is 43.3 Å². The molecule has 2 aliphatic carbocycles. The van der Waals surface area contributed by atoms with Crippen LogP contribution in [-0.4, -0.2) is 81.7 Å². The lowest BCUT2D eigenvalue weighted by molar-refractivity contribution is -0.131. The molecular weight excluding hydrogens is 558 g/mol. The maximum absolute atomic E-state index is 13.3. The van der Waals surface area contributed by atoms with Gasteiger partial charge in [0.2, 0.25) is 5.91 Å². The number of aromatic nitrogens is 4. The number of piperidine rings is 1. The third-order valence-corrected chi connectivity index (χ3v) is 9.39. The lowest BCUT2D eigenvalue weighted by Gasteiger charge is -2.36. The summed E-state index contributed by atoms with van der Waals surface area (Å²) in [5.41, 5.74) is 4.09. The van der Waals surface area contributed by atoms with Crippen LogP contribution in [0.5, 0.6) is 0 Å². The van der Waals surface area contributed by atoms with Crippen molar-refractivity contribution in [3.05, 3.63) is 87.0 Å². The van der Waals surface area contributed by atoms with E-state index in [4.69, 9.17) is 11.7 Å². The molecule has 1 saturated heterocycles. The van der Waals surface area contributed by atoms with Crippen molar-refractivity contribution in [2.45, 2.75) is 62.7 Å². The Kier molecular flexibility index (Phi) is 7.67. The lowest BCUT2D eigenvalue weighted by Crippen LogP contribution is -2.46. The van der Waals surface area contributed by atoms with Crippen LogP contribution in [0, 0.1) is 12.5 Å². The number of carbonyl (C=O) groups is 3. The van der Waals surface area contributed by atoms with Gasteiger partial charge in [-0.15, -0.1) is 10.2 Å². The fourth-order valence-electron chi connectivity index (χ4n) is 7.21. The van der Waals surface area contributed by atoms with Crippen molar-refractivity contribution in [2.75, 3.05) is 20.6 Å². The number of tetrazole rings is 1. The predicted octanol–water partition coefficient (Wildman–Crippen LogP) is 1.60. The molecule has 3 aromatic rings. The predicted molar refractivity (Wildman–Crippen MR) is 162 cm³/mol. The summed E-state index contributed by atoms with van der Waals surface area (Å²) in [4.78, 5) is 45.5. The molecule has 0 spiro atoms. The Balaban J connectivity index is 1.43. The smallest absolute Gasteiger partial charge is 0.301 e. The van der Waals surface area contributed by atoms with Crippen molar-refractivity contribution in [3.8, 4) is 0 Å². The number of fused-ring (bicyclic) bond motifs is 3. The van der Waals surface area contributed by atoms with E-state index in [1.54, 1.807) is 26.0 Å². The van der Waals surface area contributed by atoms with Crippen molar-refractivity contribution in [1.29, 1.82) is 0 Å². The second kappa shape index (κ2) is 11.5. The van der Waals surface area contributed by atoms with Gasteiger partial charge in [-0.2, -0.15) is 4.80 Å². The van der Waals surface area contributed by atoms with Crippen LogP contribution < -0.4 is 16.0 Å². The number of hydrogen-bond donors (Lipinski definition) is 3. The minimum Gasteiger partial charge on any atom is -0.355 e. The summed E-state index contributed by atoms with van der Waals surface area (Å²) >= 11 is 0. The van der Waals surface area contributed by atoms with E-state index in [9.17, 15) is 14.4 Å². The Bertz CT molecular complexity index is 1610. The molecule has 4 atom stereocenters. The summed E-state index contributed by atoms with van der Waals surface area (Å²) in [7, 11) is 4.94. The maximum atomic E-state index is 13.3. The Morgan fingerprint density at radius 3 is 2.16 bits per heavy atom. The highest BCUT2D eigenvalue weighted by Gasteiger charge is 2.57. The fraction of sp³-hybridized carbons (Fsp3) is 0.469. The molecule has 228 valence electrons. The monoisotopic (exact) mass is 595 g/mol. The molecule has 3 amide bonds. The maximum Gasteiger partial charge on any atom is 0.301 e. The Morgan fingerprint density at radius 2 is 1.64 bits per heavy atom. The highest BCUT2D eigenvalue weighted by molar-refractivity contribution is 5.95. The van der Waals surface area contributed by atoms with Gasteiger partial charge < -0.3 is 16.0 Å². The Morgan fingerprint density at radius 1 is 1.02 bits per heavy atom. The first-order valence-corrected chi connectivity index (χ1v) is 15.1. The molecule has 0 unspecified atom stereocenters. The third kappa shape index (κ3) is 5.01. The van der Waals surface area contributed by atoms with Gasteiger partial charge in [0.1, 0.15) is 0 Å². The average Bonchev–Trinajstić information content (AvgIpc) is 3.53. The summed E-state index contributed by atoms with van der Waals surface area (Å²) in [5.74, 6) is 0.552. The van der Waals surface area contributed by atoms with E-state index in [2.05, 4.69) is 31.1 Å². The van der Waals surface area contributed by atoms with Crippen LogP contribution in [0.3, 0.4) is 0 Å². The van der Waals surface area contributed by atoms with Gasteiger partial charge in [-0.25, -0.2) is 6.57 Å². The van der Waals surface area contributed by atoms with Crippen molar-refractivity contribution in [2.24, 2.45) is 13.0 Å². The fourth-order valence-corrected chi connectivity index (χ4v) is 7.21. The molecule has 2 aromatic carbocycles. The van der Waals surface area contributed by atoms with E-state index < -0.39 is 5.41 Å². The van der Waals surface area contributed by atoms with Gasteiger partial charge in [0.25, 0.3) is 11.8 Å². The van der Waals surface area contributed by atoms with Crippen LogP contribution in [-0.2, 0) is 30.1 Å². The zero-order valence-corrected chi connectivity index (χ0v) is 25.4.